The Hall–Kier alpha value is -3.39. The molecule has 6 nitrogen and oxygen atoms in total. The molecular weight excluding hydrogens is 491 g/mol. The quantitative estimate of drug-likeness (QED) is 0.347. The van der Waals surface area contributed by atoms with Crippen LogP contribution in [-0.2, 0) is 11.2 Å². The minimum absolute atomic E-state index is 0.0209. The van der Waals surface area contributed by atoms with Crippen LogP contribution in [-0.4, -0.2) is 55.0 Å². The van der Waals surface area contributed by atoms with E-state index < -0.39 is 0 Å². The summed E-state index contributed by atoms with van der Waals surface area (Å²) in [5.74, 6) is 0.736. The molecule has 0 saturated carbocycles. The van der Waals surface area contributed by atoms with Gasteiger partial charge in [-0.25, -0.2) is 4.39 Å². The predicted molar refractivity (Wildman–Crippen MR) is 143 cm³/mol. The smallest absolute Gasteiger partial charge is 0.254 e. The summed E-state index contributed by atoms with van der Waals surface area (Å²) in [4.78, 5) is 31.9. The Morgan fingerprint density at radius 2 is 1.95 bits per heavy atom. The largest absolute Gasteiger partial charge is 0.497 e. The van der Waals surface area contributed by atoms with E-state index in [0.717, 1.165) is 18.4 Å². The van der Waals surface area contributed by atoms with Crippen LogP contribution in [0.25, 0.3) is 0 Å². The fraction of sp³-hybridized carbons (Fsp3) is 0.379. The van der Waals surface area contributed by atoms with E-state index in [0.29, 0.717) is 30.2 Å². The molecule has 4 rings (SSSR count). The molecule has 2 atom stereocenters. The first kappa shape index (κ1) is 26.7. The lowest BCUT2D eigenvalue weighted by molar-refractivity contribution is -0.135. The lowest BCUT2D eigenvalue weighted by Crippen LogP contribution is -2.48. The van der Waals surface area contributed by atoms with E-state index >= 15 is 0 Å². The summed E-state index contributed by atoms with van der Waals surface area (Å²) < 4.78 is 24.6. The Kier molecular flexibility index (Phi) is 8.82. The van der Waals surface area contributed by atoms with Crippen LogP contribution in [0, 0.1) is 11.7 Å². The van der Waals surface area contributed by atoms with Crippen molar-refractivity contribution in [3.05, 3.63) is 81.8 Å². The molecule has 196 valence electrons. The second kappa shape index (κ2) is 12.2. The van der Waals surface area contributed by atoms with Crippen molar-refractivity contribution < 1.29 is 23.5 Å². The molecule has 3 aromatic rings. The topological polar surface area (TPSA) is 59.1 Å². The van der Waals surface area contributed by atoms with Gasteiger partial charge in [0.1, 0.15) is 30.5 Å². The van der Waals surface area contributed by atoms with Gasteiger partial charge in [0.05, 0.1) is 13.2 Å². The van der Waals surface area contributed by atoms with Gasteiger partial charge in [-0.2, -0.15) is 0 Å². The molecule has 0 aliphatic carbocycles. The highest BCUT2D eigenvalue weighted by molar-refractivity contribution is 7.10. The average Bonchev–Trinajstić information content (AvgIpc) is 3.41. The molecule has 1 aromatic heterocycles. The third-order valence-electron chi connectivity index (χ3n) is 6.80. The molecule has 2 aromatic carbocycles. The molecule has 1 aliphatic rings. The van der Waals surface area contributed by atoms with E-state index in [9.17, 15) is 14.0 Å². The van der Waals surface area contributed by atoms with Crippen LogP contribution < -0.4 is 9.47 Å². The van der Waals surface area contributed by atoms with Crippen molar-refractivity contribution >= 4 is 23.2 Å². The highest BCUT2D eigenvalue weighted by Crippen LogP contribution is 2.34. The fourth-order valence-electron chi connectivity index (χ4n) is 4.50. The third-order valence-corrected chi connectivity index (χ3v) is 7.79. The van der Waals surface area contributed by atoms with Gasteiger partial charge < -0.3 is 19.3 Å². The summed E-state index contributed by atoms with van der Waals surface area (Å²) in [7, 11) is 1.56. The van der Waals surface area contributed by atoms with Crippen LogP contribution in [0.2, 0.25) is 0 Å². The number of carbonyl (C=O) groups is 2. The lowest BCUT2D eigenvalue weighted by atomic mass is 10.00. The van der Waals surface area contributed by atoms with Crippen LogP contribution in [0.3, 0.4) is 0 Å². The molecule has 0 N–H and O–H groups in total. The van der Waals surface area contributed by atoms with Crippen LogP contribution >= 0.6 is 11.3 Å². The number of nitrogens with zero attached hydrogens (tertiary/aromatic N) is 2. The summed E-state index contributed by atoms with van der Waals surface area (Å²) in [5.41, 5.74) is 1.56. The standard InChI is InChI=1S/C29H33FN2O4S/c1-4-20(2)17-31(29(34)21-6-5-7-24(16-21)35-3)18-28(33)32-14-12-27-25(13-15-37-27)26(32)19-36-23-10-8-22(30)9-11-23/h5-11,13,15-16,20,26H,4,12,14,17-19H2,1-3H3/t20-,26-/m0/s1. The van der Waals surface area contributed by atoms with E-state index in [1.165, 1.54) is 17.0 Å². The molecule has 37 heavy (non-hydrogen) atoms. The number of halogens is 1. The van der Waals surface area contributed by atoms with Crippen molar-refractivity contribution in [3.63, 3.8) is 0 Å². The molecule has 8 heteroatoms. The molecule has 0 bridgehead atoms. The molecule has 0 radical (unpaired) electrons. The number of methoxy groups -OCH3 is 1. The number of hydrogen-bond acceptors (Lipinski definition) is 5. The zero-order valence-electron chi connectivity index (χ0n) is 21.5. The molecule has 2 amide bonds. The number of benzene rings is 2. The zero-order valence-corrected chi connectivity index (χ0v) is 22.3. The van der Waals surface area contributed by atoms with Crippen molar-refractivity contribution in [1.82, 2.24) is 9.80 Å². The van der Waals surface area contributed by atoms with Gasteiger partial charge in [0.2, 0.25) is 5.91 Å². The summed E-state index contributed by atoms with van der Waals surface area (Å²) in [6.07, 6.45) is 1.66. The minimum Gasteiger partial charge on any atom is -0.497 e. The Balaban J connectivity index is 1.54. The maximum Gasteiger partial charge on any atom is 0.254 e. The van der Waals surface area contributed by atoms with Crippen molar-refractivity contribution in [2.75, 3.05) is 33.4 Å². The molecule has 1 aliphatic heterocycles. The van der Waals surface area contributed by atoms with Crippen LogP contribution in [0.1, 0.15) is 47.1 Å². The zero-order chi connectivity index (χ0) is 26.4. The van der Waals surface area contributed by atoms with E-state index in [1.807, 2.05) is 16.3 Å². The van der Waals surface area contributed by atoms with Crippen molar-refractivity contribution in [2.24, 2.45) is 5.92 Å². The average molecular weight is 525 g/mol. The summed E-state index contributed by atoms with van der Waals surface area (Å²) in [6.45, 7) is 5.41. The van der Waals surface area contributed by atoms with Gasteiger partial charge in [0.15, 0.2) is 0 Å². The van der Waals surface area contributed by atoms with Crippen molar-refractivity contribution in [2.45, 2.75) is 32.7 Å². The summed E-state index contributed by atoms with van der Waals surface area (Å²) in [6, 6.07) is 14.6. The summed E-state index contributed by atoms with van der Waals surface area (Å²) in [5, 5.41) is 2.03. The van der Waals surface area contributed by atoms with Crippen LogP contribution in [0.4, 0.5) is 4.39 Å². The minimum atomic E-state index is -0.330. The molecular formula is C29H33FN2O4S. The van der Waals surface area contributed by atoms with Gasteiger partial charge in [-0.15, -0.1) is 11.3 Å². The second-order valence-corrected chi connectivity index (χ2v) is 10.3. The highest BCUT2D eigenvalue weighted by Gasteiger charge is 2.34. The van der Waals surface area contributed by atoms with Crippen molar-refractivity contribution in [3.8, 4) is 11.5 Å². The number of ether oxygens (including phenoxy) is 2. The number of rotatable bonds is 10. The van der Waals surface area contributed by atoms with E-state index in [1.54, 1.807) is 59.7 Å². The molecule has 0 fully saturated rings. The van der Waals surface area contributed by atoms with Gasteiger partial charge in [0, 0.05) is 23.5 Å². The first-order valence-electron chi connectivity index (χ1n) is 12.6. The maximum atomic E-state index is 13.7. The van der Waals surface area contributed by atoms with E-state index in [4.69, 9.17) is 9.47 Å². The number of thiophene rings is 1. The highest BCUT2D eigenvalue weighted by atomic mass is 32.1. The van der Waals surface area contributed by atoms with Crippen LogP contribution in [0.15, 0.2) is 60.0 Å². The predicted octanol–water partition coefficient (Wildman–Crippen LogP) is 5.59. The number of hydrogen-bond donors (Lipinski definition) is 0. The fourth-order valence-corrected chi connectivity index (χ4v) is 5.43. The molecule has 2 heterocycles. The monoisotopic (exact) mass is 524 g/mol. The van der Waals surface area contributed by atoms with Crippen molar-refractivity contribution in [1.29, 1.82) is 0 Å². The molecule has 0 saturated heterocycles. The Morgan fingerprint density at radius 1 is 1.16 bits per heavy atom. The second-order valence-electron chi connectivity index (χ2n) is 9.35. The van der Waals surface area contributed by atoms with E-state index in [-0.39, 0.29) is 42.7 Å². The SMILES string of the molecule is CC[C@H](C)CN(CC(=O)N1CCc2sccc2[C@@H]1COc1ccc(F)cc1)C(=O)c1cccc(OC)c1. The Labute approximate surface area is 221 Å². The van der Waals surface area contributed by atoms with Gasteiger partial charge in [-0.1, -0.05) is 26.3 Å². The maximum absolute atomic E-state index is 13.7. The van der Waals surface area contributed by atoms with Gasteiger partial charge in [0.25, 0.3) is 5.91 Å². The van der Waals surface area contributed by atoms with Gasteiger partial charge in [-0.05, 0) is 71.8 Å². The third kappa shape index (κ3) is 6.49. The van der Waals surface area contributed by atoms with Gasteiger partial charge >= 0.3 is 0 Å². The first-order valence-corrected chi connectivity index (χ1v) is 13.4. The number of amides is 2. The van der Waals surface area contributed by atoms with Gasteiger partial charge in [-0.3, -0.25) is 9.59 Å². The number of carbonyl (C=O) groups excluding carboxylic acids is 2. The Bertz CT molecular complexity index is 1210. The Morgan fingerprint density at radius 3 is 2.68 bits per heavy atom. The lowest BCUT2D eigenvalue weighted by Gasteiger charge is -2.37. The number of fused-ring (bicyclic) bond motifs is 1. The first-order chi connectivity index (χ1) is 17.9. The summed E-state index contributed by atoms with van der Waals surface area (Å²) >= 11 is 1.68. The van der Waals surface area contributed by atoms with Crippen LogP contribution in [0.5, 0.6) is 11.5 Å². The molecule has 0 unspecified atom stereocenters. The molecule has 0 spiro atoms. The normalized spacial score (nSPS) is 15.6. The van der Waals surface area contributed by atoms with E-state index in [2.05, 4.69) is 13.8 Å².